The van der Waals surface area contributed by atoms with Crippen molar-refractivity contribution in [3.63, 3.8) is 0 Å². The van der Waals surface area contributed by atoms with Crippen molar-refractivity contribution in [2.45, 2.75) is 0 Å². The minimum atomic E-state index is 1.50. The second-order valence-electron chi connectivity index (χ2n) is 0.972. The van der Waals surface area contributed by atoms with E-state index in [1.54, 1.807) is 6.34 Å². The fourth-order valence-corrected chi connectivity index (χ4v) is 0.283. The van der Waals surface area contributed by atoms with Gasteiger partial charge in [0.1, 0.15) is 0 Å². The molecule has 0 saturated carbocycles. The Hall–Kier alpha value is -0.0600. The number of aliphatic imine (C=N–C) groups is 1. The van der Waals surface area contributed by atoms with Crippen molar-refractivity contribution in [1.82, 2.24) is 3.11 Å². The summed E-state index contributed by atoms with van der Waals surface area (Å²) in [5.41, 5.74) is 0. The maximum absolute atomic E-state index is 3.73. The average molecular weight is 210 g/mol. The summed E-state index contributed by atoms with van der Waals surface area (Å²) in [6.07, 6.45) is 3.17. The molecule has 0 aliphatic heterocycles. The molecule has 0 atom stereocenters. The van der Waals surface area contributed by atoms with Crippen LogP contribution in [0.2, 0.25) is 0 Å². The molecule has 0 amide bonds. The molecule has 40 valence electrons. The van der Waals surface area contributed by atoms with Gasteiger partial charge in [-0.2, -0.15) is 0 Å². The molecule has 7 heavy (non-hydrogen) atoms. The van der Waals surface area contributed by atoms with Gasteiger partial charge in [-0.15, -0.1) is 0 Å². The van der Waals surface area contributed by atoms with Crippen molar-refractivity contribution in [1.29, 1.82) is 0 Å². The molecule has 0 saturated heterocycles. The third-order valence-electron chi connectivity index (χ3n) is 0.331. The SMILES string of the molecule is C=C/N=C\N(C)I. The molecule has 0 aliphatic rings. The molecule has 2 nitrogen and oxygen atoms in total. The highest BCUT2D eigenvalue weighted by Gasteiger charge is 1.71. The number of hydrogen-bond acceptors (Lipinski definition) is 1. The predicted octanol–water partition coefficient (Wildman–Crippen LogP) is 1.44. The topological polar surface area (TPSA) is 15.6 Å². The standard InChI is InChI=1S/C4H7IN2/c1-3-6-4-7(2)5/h3-4H,1H2,2H3/b6-4-. The van der Waals surface area contributed by atoms with Crippen molar-refractivity contribution in [3.05, 3.63) is 12.8 Å². The molecule has 0 bridgehead atoms. The highest BCUT2D eigenvalue weighted by molar-refractivity contribution is 14.1. The third-order valence-corrected chi connectivity index (χ3v) is 0.580. The highest BCUT2D eigenvalue weighted by atomic mass is 127. The van der Waals surface area contributed by atoms with Gasteiger partial charge in [0.2, 0.25) is 0 Å². The largest absolute Gasteiger partial charge is 0.308 e. The third kappa shape index (κ3) is 5.94. The summed E-state index contributed by atoms with van der Waals surface area (Å²) < 4.78 is 1.82. The molecule has 0 aromatic rings. The van der Waals surface area contributed by atoms with Gasteiger partial charge >= 0.3 is 0 Å². The van der Waals surface area contributed by atoms with Gasteiger partial charge in [-0.05, 0) is 0 Å². The van der Waals surface area contributed by atoms with Gasteiger partial charge in [0.15, 0.2) is 0 Å². The summed E-state index contributed by atoms with van der Waals surface area (Å²) in [5, 5.41) is 0. The zero-order valence-electron chi connectivity index (χ0n) is 4.13. The van der Waals surface area contributed by atoms with Gasteiger partial charge < -0.3 is 3.11 Å². The molecular formula is C4H7IN2. The van der Waals surface area contributed by atoms with Gasteiger partial charge in [-0.25, -0.2) is 4.99 Å². The van der Waals surface area contributed by atoms with Gasteiger partial charge in [-0.3, -0.25) is 0 Å². The molecule has 0 aliphatic carbocycles. The number of nitrogens with zero attached hydrogens (tertiary/aromatic N) is 2. The molecule has 0 rings (SSSR count). The molecule has 0 heterocycles. The van der Waals surface area contributed by atoms with E-state index in [1.807, 2.05) is 10.2 Å². The van der Waals surface area contributed by atoms with Crippen LogP contribution in [-0.4, -0.2) is 16.5 Å². The molecule has 3 heteroatoms. The zero-order chi connectivity index (χ0) is 5.70. The summed E-state index contributed by atoms with van der Waals surface area (Å²) in [4.78, 5) is 3.73. The zero-order valence-corrected chi connectivity index (χ0v) is 6.29. The molecule has 0 aromatic heterocycles. The van der Waals surface area contributed by atoms with Crippen LogP contribution in [0, 0.1) is 0 Å². The molecule has 0 fully saturated rings. The Morgan fingerprint density at radius 1 is 1.86 bits per heavy atom. The minimum Gasteiger partial charge on any atom is -0.308 e. The first-order valence-corrected chi connectivity index (χ1v) is 2.76. The second-order valence-corrected chi connectivity index (χ2v) is 2.49. The van der Waals surface area contributed by atoms with E-state index in [4.69, 9.17) is 0 Å². The van der Waals surface area contributed by atoms with Crippen LogP contribution in [0.5, 0.6) is 0 Å². The summed E-state index contributed by atoms with van der Waals surface area (Å²) in [6.45, 7) is 3.40. The summed E-state index contributed by atoms with van der Waals surface area (Å²) in [7, 11) is 1.90. The lowest BCUT2D eigenvalue weighted by atomic mass is 11.0. The Morgan fingerprint density at radius 2 is 2.43 bits per heavy atom. The maximum atomic E-state index is 3.73. The fraction of sp³-hybridized carbons (Fsp3) is 0.250. The Labute approximate surface area is 57.4 Å². The lowest BCUT2D eigenvalue weighted by Gasteiger charge is -1.94. The summed E-state index contributed by atoms with van der Waals surface area (Å²) in [6, 6.07) is 0. The van der Waals surface area contributed by atoms with E-state index in [9.17, 15) is 0 Å². The van der Waals surface area contributed by atoms with Crippen LogP contribution in [0.25, 0.3) is 0 Å². The number of halogens is 1. The van der Waals surface area contributed by atoms with Gasteiger partial charge in [0.25, 0.3) is 0 Å². The van der Waals surface area contributed by atoms with Crippen molar-refractivity contribution in [2.75, 3.05) is 7.05 Å². The molecule has 0 radical (unpaired) electrons. The van der Waals surface area contributed by atoms with Crippen molar-refractivity contribution >= 4 is 29.2 Å². The quantitative estimate of drug-likeness (QED) is 0.291. The smallest absolute Gasteiger partial charge is 0.0989 e. The van der Waals surface area contributed by atoms with Crippen molar-refractivity contribution in [3.8, 4) is 0 Å². The normalized spacial score (nSPS) is 9.43. The van der Waals surface area contributed by atoms with E-state index in [1.165, 1.54) is 6.20 Å². The Bertz CT molecular complexity index is 77.8. The van der Waals surface area contributed by atoms with Gasteiger partial charge in [0, 0.05) is 13.2 Å². The molecule has 0 aromatic carbocycles. The summed E-state index contributed by atoms with van der Waals surface area (Å²) in [5.74, 6) is 0. The number of hydrogen-bond donors (Lipinski definition) is 0. The Kier molecular flexibility index (Phi) is 4.07. The average Bonchev–Trinajstić information content (AvgIpc) is 1.61. The minimum absolute atomic E-state index is 1.50. The second kappa shape index (κ2) is 4.11. The van der Waals surface area contributed by atoms with E-state index in [0.29, 0.717) is 0 Å². The monoisotopic (exact) mass is 210 g/mol. The first kappa shape index (κ1) is 6.94. The molecular weight excluding hydrogens is 203 g/mol. The van der Waals surface area contributed by atoms with E-state index >= 15 is 0 Å². The van der Waals surface area contributed by atoms with Gasteiger partial charge in [-0.1, -0.05) is 6.58 Å². The first-order valence-electron chi connectivity index (χ1n) is 1.80. The Balaban J connectivity index is 3.25. The van der Waals surface area contributed by atoms with Crippen LogP contribution in [-0.2, 0) is 0 Å². The van der Waals surface area contributed by atoms with Gasteiger partial charge in [0.05, 0.1) is 29.2 Å². The number of rotatable bonds is 2. The van der Waals surface area contributed by atoms with E-state index in [0.717, 1.165) is 0 Å². The van der Waals surface area contributed by atoms with Crippen molar-refractivity contribution in [2.24, 2.45) is 4.99 Å². The van der Waals surface area contributed by atoms with Crippen molar-refractivity contribution < 1.29 is 0 Å². The molecule has 0 N–H and O–H groups in total. The molecule has 0 unspecified atom stereocenters. The van der Waals surface area contributed by atoms with Crippen LogP contribution in [0.15, 0.2) is 17.8 Å². The van der Waals surface area contributed by atoms with E-state index < -0.39 is 0 Å². The lowest BCUT2D eigenvalue weighted by molar-refractivity contribution is 0.936. The lowest BCUT2D eigenvalue weighted by Crippen LogP contribution is -1.96. The maximum Gasteiger partial charge on any atom is 0.0989 e. The highest BCUT2D eigenvalue weighted by Crippen LogP contribution is 1.85. The molecule has 0 spiro atoms. The van der Waals surface area contributed by atoms with Crippen LogP contribution in [0.3, 0.4) is 0 Å². The fourth-order valence-electron chi connectivity index (χ4n) is 0.139. The van der Waals surface area contributed by atoms with Crippen LogP contribution in [0.4, 0.5) is 0 Å². The van der Waals surface area contributed by atoms with E-state index in [2.05, 4.69) is 34.4 Å². The summed E-state index contributed by atoms with van der Waals surface area (Å²) >= 11 is 2.10. The van der Waals surface area contributed by atoms with Crippen LogP contribution >= 0.6 is 22.9 Å². The first-order chi connectivity index (χ1) is 3.27. The van der Waals surface area contributed by atoms with Crippen LogP contribution in [0.1, 0.15) is 0 Å². The van der Waals surface area contributed by atoms with E-state index in [-0.39, 0.29) is 0 Å². The Morgan fingerprint density at radius 3 is 2.57 bits per heavy atom. The predicted molar refractivity (Wildman–Crippen MR) is 40.5 cm³/mol. The van der Waals surface area contributed by atoms with Crippen LogP contribution < -0.4 is 0 Å².